The Morgan fingerprint density at radius 3 is 2.34 bits per heavy atom. The highest BCUT2D eigenvalue weighted by molar-refractivity contribution is 5.86. The fourth-order valence-electron chi connectivity index (χ4n) is 5.34. The summed E-state index contributed by atoms with van der Waals surface area (Å²) in [6, 6.07) is 36.2. The van der Waals surface area contributed by atoms with E-state index in [9.17, 15) is 0 Å². The highest BCUT2D eigenvalue weighted by Gasteiger charge is 2.35. The molecule has 0 unspecified atom stereocenters. The summed E-state index contributed by atoms with van der Waals surface area (Å²) in [5, 5.41) is 3.75. The summed E-state index contributed by atoms with van der Waals surface area (Å²) in [5.74, 6) is 1.86. The molecule has 4 aromatic carbocycles. The summed E-state index contributed by atoms with van der Waals surface area (Å²) >= 11 is 0. The van der Waals surface area contributed by atoms with Crippen LogP contribution in [0.5, 0.6) is 11.5 Å². The Morgan fingerprint density at radius 2 is 1.54 bits per heavy atom. The zero-order chi connectivity index (χ0) is 23.6. The smallest absolute Gasteiger partial charge is 0.162 e. The molecule has 0 amide bonds. The molecule has 1 aliphatic rings. The van der Waals surface area contributed by atoms with Crippen molar-refractivity contribution in [3.63, 3.8) is 0 Å². The Morgan fingerprint density at radius 1 is 0.800 bits per heavy atom. The number of aromatic amines is 1. The Kier molecular flexibility index (Phi) is 5.73. The van der Waals surface area contributed by atoms with Gasteiger partial charge in [-0.25, -0.2) is 0 Å². The van der Waals surface area contributed by atoms with Crippen molar-refractivity contribution in [2.75, 3.05) is 13.7 Å². The quantitative estimate of drug-likeness (QED) is 0.348. The van der Waals surface area contributed by atoms with E-state index in [0.717, 1.165) is 23.6 Å². The van der Waals surface area contributed by atoms with Gasteiger partial charge in [0.1, 0.15) is 6.61 Å². The van der Waals surface area contributed by atoms with Gasteiger partial charge in [0, 0.05) is 22.0 Å². The van der Waals surface area contributed by atoms with Crippen LogP contribution in [0.3, 0.4) is 0 Å². The van der Waals surface area contributed by atoms with Gasteiger partial charge in [-0.05, 0) is 35.4 Å². The Balaban J connectivity index is 1.40. The van der Waals surface area contributed by atoms with Gasteiger partial charge in [-0.1, -0.05) is 78.9 Å². The predicted octanol–water partition coefficient (Wildman–Crippen LogP) is 5.55. The highest BCUT2D eigenvalue weighted by Crippen LogP contribution is 2.40. The number of nitrogens with one attached hydrogen (secondary N) is 1. The molecule has 5 aromatic rings. The van der Waals surface area contributed by atoms with Gasteiger partial charge in [-0.15, -0.1) is 0 Å². The molecule has 1 aromatic heterocycles. The molecule has 0 fully saturated rings. The molecular weight excluding hydrogens is 432 g/mol. The van der Waals surface area contributed by atoms with E-state index in [1.807, 2.05) is 24.3 Å². The minimum absolute atomic E-state index is 0.155. The molecule has 0 radical (unpaired) electrons. The highest BCUT2D eigenvalue weighted by atomic mass is 16.5. The number of aromatic nitrogens is 1. The molecule has 35 heavy (non-hydrogen) atoms. The molecule has 2 atom stereocenters. The van der Waals surface area contributed by atoms with Crippen molar-refractivity contribution in [3.05, 3.63) is 131 Å². The van der Waals surface area contributed by atoms with Crippen molar-refractivity contribution in [2.24, 2.45) is 0 Å². The second kappa shape index (κ2) is 9.32. The molecule has 3 N–H and O–H groups in total. The lowest BCUT2D eigenvalue weighted by Crippen LogP contribution is -2.88. The van der Waals surface area contributed by atoms with Gasteiger partial charge in [-0.3, -0.25) is 0 Å². The molecule has 6 rings (SSSR count). The topological polar surface area (TPSA) is 50.9 Å². The van der Waals surface area contributed by atoms with Crippen LogP contribution >= 0.6 is 0 Å². The third-order valence-corrected chi connectivity index (χ3v) is 7.03. The second-order valence-corrected chi connectivity index (χ2v) is 9.09. The van der Waals surface area contributed by atoms with Crippen LogP contribution in [0, 0.1) is 0 Å². The summed E-state index contributed by atoms with van der Waals surface area (Å²) in [5.41, 5.74) is 7.55. The fourth-order valence-corrected chi connectivity index (χ4v) is 5.34. The molecule has 0 aliphatic carbocycles. The van der Waals surface area contributed by atoms with Crippen molar-refractivity contribution >= 4 is 10.9 Å². The minimum Gasteiger partial charge on any atom is -0.493 e. The fraction of sp³-hybridized carbons (Fsp3) is 0.161. The number of quaternary nitrogens is 1. The molecule has 0 saturated heterocycles. The number of hydrogen-bond acceptors (Lipinski definition) is 2. The van der Waals surface area contributed by atoms with E-state index in [0.29, 0.717) is 12.5 Å². The van der Waals surface area contributed by atoms with E-state index in [2.05, 4.69) is 89.2 Å². The first-order valence-electron chi connectivity index (χ1n) is 12.2. The summed E-state index contributed by atoms with van der Waals surface area (Å²) in [4.78, 5) is 3.77. The van der Waals surface area contributed by atoms with Crippen LogP contribution < -0.4 is 14.8 Å². The molecule has 0 spiro atoms. The third-order valence-electron chi connectivity index (χ3n) is 7.03. The number of methoxy groups -OCH3 is 1. The minimum atomic E-state index is 0.155. The van der Waals surface area contributed by atoms with Gasteiger partial charge in [-0.2, -0.15) is 0 Å². The number of hydrogen-bond donors (Lipinski definition) is 2. The van der Waals surface area contributed by atoms with Gasteiger partial charge >= 0.3 is 0 Å². The molecule has 174 valence electrons. The van der Waals surface area contributed by atoms with Gasteiger partial charge in [0.25, 0.3) is 0 Å². The maximum Gasteiger partial charge on any atom is 0.162 e. The van der Waals surface area contributed by atoms with Crippen molar-refractivity contribution in [2.45, 2.75) is 18.6 Å². The van der Waals surface area contributed by atoms with Crippen LogP contribution in [0.2, 0.25) is 0 Å². The van der Waals surface area contributed by atoms with E-state index < -0.39 is 0 Å². The lowest BCUT2D eigenvalue weighted by atomic mass is 9.83. The third kappa shape index (κ3) is 4.07. The van der Waals surface area contributed by atoms with Crippen LogP contribution in [0.25, 0.3) is 10.9 Å². The van der Waals surface area contributed by atoms with E-state index in [4.69, 9.17) is 9.47 Å². The standard InChI is InChI=1S/C31H28N2O2/c1-34-27-17-16-23(18-28(27)35-20-21-10-4-2-5-11-21)30-31-29(24-14-8-9-15-26(24)33-31)25(19-32-30)22-12-6-3-7-13-22/h2-18,25,30,32-33H,19-20H2,1H3/p+1/t25-,30+/m1/s1. The van der Waals surface area contributed by atoms with Crippen LogP contribution in [-0.2, 0) is 6.61 Å². The number of benzene rings is 4. The first-order valence-corrected chi connectivity index (χ1v) is 12.2. The van der Waals surface area contributed by atoms with Crippen LogP contribution in [0.1, 0.15) is 39.9 Å². The lowest BCUT2D eigenvalue weighted by molar-refractivity contribution is -0.692. The monoisotopic (exact) mass is 461 g/mol. The number of fused-ring (bicyclic) bond motifs is 3. The van der Waals surface area contributed by atoms with Crippen molar-refractivity contribution in [1.29, 1.82) is 0 Å². The maximum absolute atomic E-state index is 6.23. The van der Waals surface area contributed by atoms with Crippen molar-refractivity contribution in [1.82, 2.24) is 4.98 Å². The zero-order valence-corrected chi connectivity index (χ0v) is 19.8. The molecule has 2 heterocycles. The van der Waals surface area contributed by atoms with Crippen molar-refractivity contribution < 1.29 is 14.8 Å². The average Bonchev–Trinajstić information content (AvgIpc) is 3.32. The largest absolute Gasteiger partial charge is 0.493 e. The predicted molar refractivity (Wildman–Crippen MR) is 139 cm³/mol. The Hall–Kier alpha value is -4.02. The van der Waals surface area contributed by atoms with E-state index in [1.165, 1.54) is 33.3 Å². The lowest BCUT2D eigenvalue weighted by Gasteiger charge is -2.28. The number of para-hydroxylation sites is 1. The molecule has 4 nitrogen and oxygen atoms in total. The van der Waals surface area contributed by atoms with E-state index in [-0.39, 0.29) is 6.04 Å². The number of ether oxygens (including phenoxy) is 2. The molecule has 0 saturated carbocycles. The number of nitrogens with two attached hydrogens (primary N) is 1. The van der Waals surface area contributed by atoms with Gasteiger partial charge < -0.3 is 19.8 Å². The first-order chi connectivity index (χ1) is 17.3. The molecule has 0 bridgehead atoms. The van der Waals surface area contributed by atoms with E-state index >= 15 is 0 Å². The van der Waals surface area contributed by atoms with Gasteiger partial charge in [0.2, 0.25) is 0 Å². The summed E-state index contributed by atoms with van der Waals surface area (Å²) < 4.78 is 11.9. The first kappa shape index (κ1) is 21.5. The molecular formula is C31H29N2O2+. The normalized spacial score (nSPS) is 17.2. The zero-order valence-electron chi connectivity index (χ0n) is 19.8. The number of rotatable bonds is 6. The van der Waals surface area contributed by atoms with Crippen molar-refractivity contribution in [3.8, 4) is 11.5 Å². The number of H-pyrrole nitrogens is 1. The van der Waals surface area contributed by atoms with Crippen LogP contribution in [0.4, 0.5) is 0 Å². The van der Waals surface area contributed by atoms with Gasteiger partial charge in [0.15, 0.2) is 17.5 Å². The summed E-state index contributed by atoms with van der Waals surface area (Å²) in [6.07, 6.45) is 0. The maximum atomic E-state index is 6.23. The second-order valence-electron chi connectivity index (χ2n) is 9.09. The molecule has 4 heteroatoms. The Bertz CT molecular complexity index is 1440. The SMILES string of the molecule is COc1ccc([C@@H]2[NH2+]C[C@H](c3ccccc3)c3c2[nH]c2ccccc32)cc1OCc1ccccc1. The Labute approximate surface area is 205 Å². The molecule has 1 aliphatic heterocycles. The average molecular weight is 462 g/mol. The summed E-state index contributed by atoms with van der Waals surface area (Å²) in [6.45, 7) is 1.48. The van der Waals surface area contributed by atoms with E-state index in [1.54, 1.807) is 7.11 Å². The van der Waals surface area contributed by atoms with Crippen LogP contribution in [-0.4, -0.2) is 18.6 Å². The van der Waals surface area contributed by atoms with Gasteiger partial charge in [0.05, 0.1) is 25.3 Å². The van der Waals surface area contributed by atoms with Crippen LogP contribution in [0.15, 0.2) is 103 Å². The summed E-state index contributed by atoms with van der Waals surface area (Å²) in [7, 11) is 1.69.